The van der Waals surface area contributed by atoms with Crippen LogP contribution in [0.4, 0.5) is 4.79 Å². The molecule has 1 unspecified atom stereocenters. The lowest BCUT2D eigenvalue weighted by molar-refractivity contribution is -0.148. The van der Waals surface area contributed by atoms with Crippen LogP contribution in [0.3, 0.4) is 0 Å². The van der Waals surface area contributed by atoms with Crippen LogP contribution in [0.1, 0.15) is 39.0 Å². The maximum Gasteiger partial charge on any atom is 0.317 e. The van der Waals surface area contributed by atoms with Crippen LogP contribution in [0.25, 0.3) is 0 Å². The maximum atomic E-state index is 11.8. The molecule has 5 heteroatoms. The van der Waals surface area contributed by atoms with Gasteiger partial charge in [-0.15, -0.1) is 0 Å². The van der Waals surface area contributed by atoms with E-state index in [1.807, 2.05) is 6.92 Å². The van der Waals surface area contributed by atoms with Gasteiger partial charge in [-0.3, -0.25) is 4.79 Å². The first-order valence-corrected chi connectivity index (χ1v) is 6.36. The van der Waals surface area contributed by atoms with Gasteiger partial charge in [-0.05, 0) is 25.7 Å². The molecule has 1 saturated heterocycles. The summed E-state index contributed by atoms with van der Waals surface area (Å²) < 4.78 is 0. The molecule has 0 aromatic rings. The minimum Gasteiger partial charge on any atom is -0.481 e. The second kappa shape index (κ2) is 4.55. The fourth-order valence-corrected chi connectivity index (χ4v) is 2.50. The number of carboxylic acid groups (broad SMARTS) is 1. The quantitative estimate of drug-likeness (QED) is 0.781. The molecule has 2 rings (SSSR count). The summed E-state index contributed by atoms with van der Waals surface area (Å²) in [6.07, 6.45) is 4.17. The highest BCUT2D eigenvalue weighted by Crippen LogP contribution is 2.35. The van der Waals surface area contributed by atoms with Gasteiger partial charge in [0.1, 0.15) is 0 Å². The lowest BCUT2D eigenvalue weighted by Gasteiger charge is -2.24. The number of hydrogen-bond acceptors (Lipinski definition) is 2. The number of likely N-dealkylation sites (tertiary alicyclic amines) is 1. The maximum absolute atomic E-state index is 11.8. The van der Waals surface area contributed by atoms with E-state index >= 15 is 0 Å². The molecule has 2 fully saturated rings. The zero-order valence-corrected chi connectivity index (χ0v) is 10.2. The van der Waals surface area contributed by atoms with Crippen molar-refractivity contribution in [2.45, 2.75) is 45.1 Å². The second-order valence-electron chi connectivity index (χ2n) is 5.23. The summed E-state index contributed by atoms with van der Waals surface area (Å²) in [4.78, 5) is 24.8. The van der Waals surface area contributed by atoms with Crippen molar-refractivity contribution in [3.05, 3.63) is 0 Å². The van der Waals surface area contributed by atoms with Gasteiger partial charge in [-0.1, -0.05) is 13.3 Å². The third kappa shape index (κ3) is 2.53. The Balaban J connectivity index is 1.95. The number of nitrogens with one attached hydrogen (secondary N) is 1. The van der Waals surface area contributed by atoms with Gasteiger partial charge in [0, 0.05) is 19.1 Å². The molecule has 0 aromatic heterocycles. The van der Waals surface area contributed by atoms with Gasteiger partial charge < -0.3 is 15.3 Å². The van der Waals surface area contributed by atoms with Crippen LogP contribution < -0.4 is 5.32 Å². The summed E-state index contributed by atoms with van der Waals surface area (Å²) in [6.45, 7) is 2.90. The Hall–Kier alpha value is -1.26. The molecule has 1 heterocycles. The Bertz CT molecular complexity index is 328. The first-order valence-electron chi connectivity index (χ1n) is 6.36. The molecule has 96 valence electrons. The van der Waals surface area contributed by atoms with Gasteiger partial charge in [0.15, 0.2) is 0 Å². The van der Waals surface area contributed by atoms with E-state index in [0.29, 0.717) is 32.0 Å². The minimum absolute atomic E-state index is 0.0910. The number of aliphatic carboxylic acids is 1. The van der Waals surface area contributed by atoms with Crippen molar-refractivity contribution in [3.8, 4) is 0 Å². The molecule has 0 bridgehead atoms. The summed E-state index contributed by atoms with van der Waals surface area (Å²) in [5, 5.41) is 12.2. The third-order valence-corrected chi connectivity index (χ3v) is 3.73. The summed E-state index contributed by atoms with van der Waals surface area (Å²) in [5.74, 6) is -0.763. The Kier molecular flexibility index (Phi) is 3.26. The number of hydrogen-bond donors (Lipinski definition) is 2. The van der Waals surface area contributed by atoms with Crippen molar-refractivity contribution in [1.29, 1.82) is 0 Å². The summed E-state index contributed by atoms with van der Waals surface area (Å²) in [5.41, 5.74) is -0.713. The molecule has 0 aromatic carbocycles. The van der Waals surface area contributed by atoms with E-state index in [2.05, 4.69) is 5.32 Å². The number of carboxylic acids is 1. The van der Waals surface area contributed by atoms with Gasteiger partial charge in [0.05, 0.1) is 5.41 Å². The van der Waals surface area contributed by atoms with E-state index in [-0.39, 0.29) is 6.03 Å². The zero-order chi connectivity index (χ0) is 12.5. The molecule has 1 atom stereocenters. The first kappa shape index (κ1) is 12.2. The van der Waals surface area contributed by atoms with Gasteiger partial charge >= 0.3 is 12.0 Å². The fraction of sp³-hybridized carbons (Fsp3) is 0.833. The van der Waals surface area contributed by atoms with Crippen molar-refractivity contribution < 1.29 is 14.7 Å². The van der Waals surface area contributed by atoms with E-state index in [9.17, 15) is 14.7 Å². The zero-order valence-electron chi connectivity index (χ0n) is 10.2. The molecule has 1 aliphatic carbocycles. The Morgan fingerprint density at radius 2 is 2.18 bits per heavy atom. The lowest BCUT2D eigenvalue weighted by Crippen LogP contribution is -2.42. The van der Waals surface area contributed by atoms with Gasteiger partial charge in [-0.2, -0.15) is 0 Å². The molecule has 0 radical (unpaired) electrons. The highest BCUT2D eigenvalue weighted by atomic mass is 16.4. The van der Waals surface area contributed by atoms with Crippen molar-refractivity contribution in [1.82, 2.24) is 10.2 Å². The minimum atomic E-state index is -0.763. The van der Waals surface area contributed by atoms with Crippen molar-refractivity contribution >= 4 is 12.0 Å². The van der Waals surface area contributed by atoms with Crippen molar-refractivity contribution in [3.63, 3.8) is 0 Å². The number of rotatable bonds is 4. The largest absolute Gasteiger partial charge is 0.481 e. The summed E-state index contributed by atoms with van der Waals surface area (Å²) >= 11 is 0. The van der Waals surface area contributed by atoms with Gasteiger partial charge in [-0.25, -0.2) is 4.79 Å². The normalized spacial score (nSPS) is 28.2. The van der Waals surface area contributed by atoms with Crippen molar-refractivity contribution in [2.75, 3.05) is 13.1 Å². The van der Waals surface area contributed by atoms with Crippen LogP contribution in [0, 0.1) is 5.41 Å². The van der Waals surface area contributed by atoms with Crippen molar-refractivity contribution in [2.24, 2.45) is 5.41 Å². The molecule has 1 aliphatic heterocycles. The van der Waals surface area contributed by atoms with E-state index < -0.39 is 11.4 Å². The van der Waals surface area contributed by atoms with Gasteiger partial charge in [0.2, 0.25) is 0 Å². The highest BCUT2D eigenvalue weighted by Gasteiger charge is 2.45. The highest BCUT2D eigenvalue weighted by molar-refractivity contribution is 5.80. The predicted octanol–water partition coefficient (Wildman–Crippen LogP) is 1.44. The molecule has 0 spiro atoms. The molecule has 1 saturated carbocycles. The third-order valence-electron chi connectivity index (χ3n) is 3.73. The van der Waals surface area contributed by atoms with Crippen LogP contribution in [-0.4, -0.2) is 41.1 Å². The lowest BCUT2D eigenvalue weighted by atomic mass is 9.83. The number of amides is 2. The molecule has 17 heavy (non-hydrogen) atoms. The topological polar surface area (TPSA) is 69.6 Å². The number of carbonyl (C=O) groups is 2. The number of nitrogens with zero attached hydrogens (tertiary/aromatic N) is 1. The molecular formula is C12H20N2O3. The Labute approximate surface area is 101 Å². The van der Waals surface area contributed by atoms with E-state index in [0.717, 1.165) is 19.3 Å². The average molecular weight is 240 g/mol. The van der Waals surface area contributed by atoms with E-state index in [4.69, 9.17) is 0 Å². The van der Waals surface area contributed by atoms with Crippen LogP contribution in [0.5, 0.6) is 0 Å². The molecule has 2 N–H and O–H groups in total. The van der Waals surface area contributed by atoms with Crippen LogP contribution in [-0.2, 0) is 4.79 Å². The number of urea groups is 1. The smallest absolute Gasteiger partial charge is 0.317 e. The summed E-state index contributed by atoms with van der Waals surface area (Å²) in [7, 11) is 0. The molecule has 2 amide bonds. The molecule has 2 aliphatic rings. The SMILES string of the molecule is CCCC1(C(=O)O)CCN(C(=O)NC2CC2)C1. The van der Waals surface area contributed by atoms with E-state index in [1.165, 1.54) is 0 Å². The standard InChI is InChI=1S/C12H20N2O3/c1-2-5-12(10(15)16)6-7-14(8-12)11(17)13-9-3-4-9/h9H,2-8H2,1H3,(H,13,17)(H,15,16). The predicted molar refractivity (Wildman–Crippen MR) is 62.7 cm³/mol. The second-order valence-corrected chi connectivity index (χ2v) is 5.23. The van der Waals surface area contributed by atoms with Crippen LogP contribution in [0.2, 0.25) is 0 Å². The molecule has 5 nitrogen and oxygen atoms in total. The fourth-order valence-electron chi connectivity index (χ4n) is 2.50. The van der Waals surface area contributed by atoms with E-state index in [1.54, 1.807) is 4.90 Å². The Morgan fingerprint density at radius 1 is 1.47 bits per heavy atom. The number of carbonyl (C=O) groups excluding carboxylic acids is 1. The molecular weight excluding hydrogens is 220 g/mol. The monoisotopic (exact) mass is 240 g/mol. The van der Waals surface area contributed by atoms with Crippen LogP contribution >= 0.6 is 0 Å². The summed E-state index contributed by atoms with van der Waals surface area (Å²) in [6, 6.07) is 0.236. The first-order chi connectivity index (χ1) is 8.07. The van der Waals surface area contributed by atoms with Gasteiger partial charge in [0.25, 0.3) is 0 Å². The van der Waals surface area contributed by atoms with Crippen LogP contribution in [0.15, 0.2) is 0 Å². The Morgan fingerprint density at radius 3 is 2.71 bits per heavy atom. The average Bonchev–Trinajstić information content (AvgIpc) is 2.96.